The van der Waals surface area contributed by atoms with Gasteiger partial charge in [-0.25, -0.2) is 0 Å². The minimum Gasteiger partial charge on any atom is -0.507 e. The van der Waals surface area contributed by atoms with Crippen molar-refractivity contribution in [3.05, 3.63) is 47.3 Å². The summed E-state index contributed by atoms with van der Waals surface area (Å²) in [5.41, 5.74) is 1.69. The Kier molecular flexibility index (Phi) is 3.05. The zero-order valence-corrected chi connectivity index (χ0v) is 9.05. The van der Waals surface area contributed by atoms with E-state index in [0.717, 1.165) is 17.7 Å². The monoisotopic (exact) mass is 215 g/mol. The molecule has 1 aromatic carbocycles. The van der Waals surface area contributed by atoms with E-state index in [9.17, 15) is 5.11 Å². The number of aromatic hydroxyl groups is 1. The third-order valence-corrected chi connectivity index (χ3v) is 2.30. The van der Waals surface area contributed by atoms with Crippen molar-refractivity contribution in [1.82, 2.24) is 5.16 Å². The van der Waals surface area contributed by atoms with Crippen molar-refractivity contribution in [1.29, 1.82) is 0 Å². The summed E-state index contributed by atoms with van der Waals surface area (Å²) < 4.78 is 5.10. The second-order valence-electron chi connectivity index (χ2n) is 3.47. The minimum atomic E-state index is 0.258. The minimum absolute atomic E-state index is 0.258. The number of benzene rings is 1. The number of phenols is 1. The van der Waals surface area contributed by atoms with Gasteiger partial charge in [-0.15, -0.1) is 0 Å². The lowest BCUT2D eigenvalue weighted by Crippen LogP contribution is -1.74. The molecule has 0 amide bonds. The molecule has 0 saturated heterocycles. The van der Waals surface area contributed by atoms with Gasteiger partial charge in [0.25, 0.3) is 0 Å². The number of rotatable bonds is 3. The molecule has 0 radical (unpaired) electrons. The fourth-order valence-corrected chi connectivity index (χ4v) is 1.37. The van der Waals surface area contributed by atoms with E-state index in [1.165, 1.54) is 0 Å². The Morgan fingerprint density at radius 1 is 1.31 bits per heavy atom. The summed E-state index contributed by atoms with van der Waals surface area (Å²) in [6, 6.07) is 9.03. The lowest BCUT2D eigenvalue weighted by molar-refractivity contribution is 0.406. The van der Waals surface area contributed by atoms with E-state index in [4.69, 9.17) is 4.52 Å². The Hall–Kier alpha value is -2.03. The number of nitrogens with zero attached hydrogens (tertiary/aromatic N) is 1. The van der Waals surface area contributed by atoms with Gasteiger partial charge in [-0.2, -0.15) is 0 Å². The van der Waals surface area contributed by atoms with E-state index in [2.05, 4.69) is 5.16 Å². The van der Waals surface area contributed by atoms with Crippen molar-refractivity contribution in [3.63, 3.8) is 0 Å². The highest BCUT2D eigenvalue weighted by atomic mass is 16.5. The van der Waals surface area contributed by atoms with Gasteiger partial charge in [0.1, 0.15) is 5.75 Å². The average molecular weight is 215 g/mol. The summed E-state index contributed by atoms with van der Waals surface area (Å²) in [7, 11) is 0. The molecule has 0 aliphatic rings. The Morgan fingerprint density at radius 3 is 2.81 bits per heavy atom. The van der Waals surface area contributed by atoms with Gasteiger partial charge in [0.05, 0.1) is 5.69 Å². The van der Waals surface area contributed by atoms with Crippen molar-refractivity contribution in [2.75, 3.05) is 0 Å². The van der Waals surface area contributed by atoms with Gasteiger partial charge in [-0.05, 0) is 24.6 Å². The summed E-state index contributed by atoms with van der Waals surface area (Å²) in [5.74, 6) is 0.953. The molecule has 1 heterocycles. The molecule has 0 atom stereocenters. The molecule has 3 heteroatoms. The summed E-state index contributed by atoms with van der Waals surface area (Å²) in [5, 5.41) is 13.4. The first-order valence-corrected chi connectivity index (χ1v) is 5.21. The first-order valence-electron chi connectivity index (χ1n) is 5.21. The standard InChI is InChI=1S/C13H13NO2/c1-2-11-9-12(16-14-11)8-7-10-5-3-4-6-13(10)15/h3-9,15H,2H2,1H3/b8-7+. The number of hydrogen-bond donors (Lipinski definition) is 1. The Labute approximate surface area is 94.0 Å². The maximum absolute atomic E-state index is 9.54. The molecule has 16 heavy (non-hydrogen) atoms. The van der Waals surface area contributed by atoms with Crippen LogP contribution in [0.15, 0.2) is 34.9 Å². The van der Waals surface area contributed by atoms with Gasteiger partial charge < -0.3 is 9.63 Å². The van der Waals surface area contributed by atoms with Gasteiger partial charge in [-0.3, -0.25) is 0 Å². The molecule has 0 bridgehead atoms. The van der Waals surface area contributed by atoms with E-state index < -0.39 is 0 Å². The number of para-hydroxylation sites is 1. The van der Waals surface area contributed by atoms with Crippen LogP contribution in [0.2, 0.25) is 0 Å². The number of hydrogen-bond acceptors (Lipinski definition) is 3. The van der Waals surface area contributed by atoms with Gasteiger partial charge in [0, 0.05) is 11.6 Å². The van der Waals surface area contributed by atoms with E-state index >= 15 is 0 Å². The zero-order chi connectivity index (χ0) is 11.4. The Balaban J connectivity index is 2.18. The topological polar surface area (TPSA) is 46.3 Å². The fourth-order valence-electron chi connectivity index (χ4n) is 1.37. The molecule has 1 aromatic heterocycles. The molecular weight excluding hydrogens is 202 g/mol. The summed E-state index contributed by atoms with van der Waals surface area (Å²) >= 11 is 0. The second kappa shape index (κ2) is 4.66. The molecular formula is C13H13NO2. The van der Waals surface area contributed by atoms with Crippen LogP contribution in [0.4, 0.5) is 0 Å². The molecule has 0 saturated carbocycles. The Bertz CT molecular complexity index is 500. The van der Waals surface area contributed by atoms with Crippen LogP contribution in [-0.2, 0) is 6.42 Å². The van der Waals surface area contributed by atoms with Gasteiger partial charge in [0.2, 0.25) is 0 Å². The number of phenolic OH excluding ortho intramolecular Hbond substituents is 1. The van der Waals surface area contributed by atoms with Crippen LogP contribution >= 0.6 is 0 Å². The second-order valence-corrected chi connectivity index (χ2v) is 3.47. The molecule has 2 rings (SSSR count). The van der Waals surface area contributed by atoms with Crippen molar-refractivity contribution < 1.29 is 9.63 Å². The normalized spacial score (nSPS) is 11.1. The van der Waals surface area contributed by atoms with Gasteiger partial charge in [-0.1, -0.05) is 30.3 Å². The molecule has 3 nitrogen and oxygen atoms in total. The highest BCUT2D eigenvalue weighted by molar-refractivity contribution is 5.70. The van der Waals surface area contributed by atoms with Crippen LogP contribution in [0.3, 0.4) is 0 Å². The third kappa shape index (κ3) is 2.31. The number of aryl methyl sites for hydroxylation is 1. The molecule has 0 fully saturated rings. The van der Waals surface area contributed by atoms with Crippen LogP contribution in [0.1, 0.15) is 23.9 Å². The van der Waals surface area contributed by atoms with E-state index in [1.807, 2.05) is 25.1 Å². The van der Waals surface area contributed by atoms with Crippen LogP contribution in [0, 0.1) is 0 Å². The van der Waals surface area contributed by atoms with E-state index in [0.29, 0.717) is 5.76 Å². The predicted octanol–water partition coefficient (Wildman–Crippen LogP) is 3.11. The zero-order valence-electron chi connectivity index (χ0n) is 9.05. The summed E-state index contributed by atoms with van der Waals surface area (Å²) in [4.78, 5) is 0. The van der Waals surface area contributed by atoms with Crippen LogP contribution in [0.5, 0.6) is 5.75 Å². The first kappa shape index (κ1) is 10.5. The van der Waals surface area contributed by atoms with Crippen LogP contribution < -0.4 is 0 Å². The highest BCUT2D eigenvalue weighted by Crippen LogP contribution is 2.18. The molecule has 1 N–H and O–H groups in total. The van der Waals surface area contributed by atoms with Crippen LogP contribution in [0.25, 0.3) is 12.2 Å². The van der Waals surface area contributed by atoms with E-state index in [-0.39, 0.29) is 5.75 Å². The highest BCUT2D eigenvalue weighted by Gasteiger charge is 1.99. The lowest BCUT2D eigenvalue weighted by atomic mass is 10.2. The number of aromatic nitrogens is 1. The van der Waals surface area contributed by atoms with Gasteiger partial charge >= 0.3 is 0 Å². The molecule has 2 aromatic rings. The average Bonchev–Trinajstić information content (AvgIpc) is 2.76. The smallest absolute Gasteiger partial charge is 0.159 e. The molecule has 0 aliphatic carbocycles. The Morgan fingerprint density at radius 2 is 2.12 bits per heavy atom. The van der Waals surface area contributed by atoms with Crippen molar-refractivity contribution in [2.24, 2.45) is 0 Å². The largest absolute Gasteiger partial charge is 0.507 e. The lowest BCUT2D eigenvalue weighted by Gasteiger charge is -1.95. The van der Waals surface area contributed by atoms with Crippen molar-refractivity contribution in [2.45, 2.75) is 13.3 Å². The van der Waals surface area contributed by atoms with Crippen LogP contribution in [-0.4, -0.2) is 10.3 Å². The maximum Gasteiger partial charge on any atom is 0.159 e. The SMILES string of the molecule is CCc1cc(/C=C/c2ccccc2O)on1. The third-order valence-electron chi connectivity index (χ3n) is 2.30. The van der Waals surface area contributed by atoms with Crippen molar-refractivity contribution >= 4 is 12.2 Å². The first-order chi connectivity index (χ1) is 7.79. The molecule has 0 spiro atoms. The summed E-state index contributed by atoms with van der Waals surface area (Å²) in [6.07, 6.45) is 4.45. The summed E-state index contributed by atoms with van der Waals surface area (Å²) in [6.45, 7) is 2.02. The van der Waals surface area contributed by atoms with Crippen molar-refractivity contribution in [3.8, 4) is 5.75 Å². The predicted molar refractivity (Wildman–Crippen MR) is 62.9 cm³/mol. The fraction of sp³-hybridized carbons (Fsp3) is 0.154. The van der Waals surface area contributed by atoms with E-state index in [1.54, 1.807) is 24.3 Å². The molecule has 0 unspecified atom stereocenters. The quantitative estimate of drug-likeness (QED) is 0.855. The molecule has 82 valence electrons. The molecule has 0 aliphatic heterocycles. The van der Waals surface area contributed by atoms with Gasteiger partial charge in [0.15, 0.2) is 5.76 Å². The maximum atomic E-state index is 9.54.